The van der Waals surface area contributed by atoms with Crippen molar-refractivity contribution in [3.8, 4) is 5.82 Å². The predicted molar refractivity (Wildman–Crippen MR) is 108 cm³/mol. The first-order chi connectivity index (χ1) is 13.7. The number of nitrogens with one attached hydrogen (secondary N) is 2. The third-order valence-corrected chi connectivity index (χ3v) is 5.28. The minimum Gasteiger partial charge on any atom is -0.334 e. The highest BCUT2D eigenvalue weighted by Crippen LogP contribution is 2.24. The maximum atomic E-state index is 12.4. The number of fused-ring (bicyclic) bond motifs is 1. The molecule has 0 spiro atoms. The summed E-state index contributed by atoms with van der Waals surface area (Å²) in [4.78, 5) is 20.9. The van der Waals surface area contributed by atoms with Crippen molar-refractivity contribution in [3.05, 3.63) is 77.5 Å². The van der Waals surface area contributed by atoms with E-state index in [-0.39, 0.29) is 12.1 Å². The van der Waals surface area contributed by atoms with Crippen LogP contribution in [0.25, 0.3) is 5.82 Å². The number of nitrogens with zero attached hydrogens (tertiary/aromatic N) is 3. The summed E-state index contributed by atoms with van der Waals surface area (Å²) in [6.45, 7) is 2.41. The average Bonchev–Trinajstić information content (AvgIpc) is 3.27. The summed E-state index contributed by atoms with van der Waals surface area (Å²) in [6.07, 6.45) is 11.8. The molecule has 3 aromatic rings. The van der Waals surface area contributed by atoms with Gasteiger partial charge >= 0.3 is 6.03 Å². The molecule has 0 radical (unpaired) electrons. The van der Waals surface area contributed by atoms with Gasteiger partial charge < -0.3 is 10.6 Å². The van der Waals surface area contributed by atoms with Crippen molar-refractivity contribution in [1.82, 2.24) is 25.2 Å². The van der Waals surface area contributed by atoms with E-state index in [1.165, 1.54) is 30.4 Å². The van der Waals surface area contributed by atoms with E-state index in [4.69, 9.17) is 0 Å². The van der Waals surface area contributed by atoms with Gasteiger partial charge in [-0.25, -0.2) is 14.8 Å². The average molecular weight is 375 g/mol. The molecular weight excluding hydrogens is 350 g/mol. The number of carbonyl (C=O) groups excluding carboxylic acids is 1. The molecule has 0 aliphatic heterocycles. The molecular formula is C22H25N5O. The molecule has 2 N–H and O–H groups in total. The van der Waals surface area contributed by atoms with Crippen molar-refractivity contribution in [3.63, 3.8) is 0 Å². The number of rotatable bonds is 5. The Balaban J connectivity index is 1.38. The maximum absolute atomic E-state index is 12.4. The van der Waals surface area contributed by atoms with Gasteiger partial charge in [0.25, 0.3) is 0 Å². The number of aryl methyl sites for hydroxylation is 2. The molecule has 1 atom stereocenters. The molecule has 1 aliphatic carbocycles. The van der Waals surface area contributed by atoms with E-state index < -0.39 is 0 Å². The van der Waals surface area contributed by atoms with Gasteiger partial charge in [-0.2, -0.15) is 0 Å². The number of benzene rings is 1. The van der Waals surface area contributed by atoms with Gasteiger partial charge in [0.05, 0.1) is 6.04 Å². The van der Waals surface area contributed by atoms with Gasteiger partial charge in [-0.1, -0.05) is 24.3 Å². The summed E-state index contributed by atoms with van der Waals surface area (Å²) < 4.78 is 1.84. The Bertz CT molecular complexity index is 951. The van der Waals surface area contributed by atoms with Crippen LogP contribution in [0.2, 0.25) is 0 Å². The molecule has 4 rings (SSSR count). The molecule has 6 nitrogen and oxygen atoms in total. The summed E-state index contributed by atoms with van der Waals surface area (Å²) in [5.41, 5.74) is 4.96. The van der Waals surface area contributed by atoms with E-state index >= 15 is 0 Å². The van der Waals surface area contributed by atoms with Gasteiger partial charge in [0.2, 0.25) is 0 Å². The van der Waals surface area contributed by atoms with E-state index in [1.54, 1.807) is 18.7 Å². The quantitative estimate of drug-likeness (QED) is 0.714. The number of hydrogen-bond donors (Lipinski definition) is 2. The molecule has 6 heteroatoms. The van der Waals surface area contributed by atoms with Gasteiger partial charge in [0.1, 0.15) is 12.1 Å². The van der Waals surface area contributed by atoms with E-state index in [2.05, 4.69) is 38.8 Å². The summed E-state index contributed by atoms with van der Waals surface area (Å²) in [6, 6.07) is 10.2. The van der Waals surface area contributed by atoms with E-state index in [0.29, 0.717) is 6.54 Å². The molecule has 0 saturated heterocycles. The highest BCUT2D eigenvalue weighted by Gasteiger charge is 2.14. The van der Waals surface area contributed by atoms with Gasteiger partial charge in [-0.05, 0) is 55.4 Å². The lowest BCUT2D eigenvalue weighted by atomic mass is 9.89. The fourth-order valence-corrected chi connectivity index (χ4v) is 3.71. The van der Waals surface area contributed by atoms with Crippen LogP contribution in [0.5, 0.6) is 0 Å². The largest absolute Gasteiger partial charge is 0.334 e. The highest BCUT2D eigenvalue weighted by molar-refractivity contribution is 5.74. The standard InChI is InChI=1S/C22H25N5O/c1-16(18-9-8-17-5-2-3-6-19(17)13-18)26-22(28)25-14-20-7-4-10-24-21(20)27-12-11-23-15-27/h4,7-13,15-16H,2-3,5-6,14H2,1H3,(H2,25,26,28). The fourth-order valence-electron chi connectivity index (χ4n) is 3.71. The lowest BCUT2D eigenvalue weighted by Crippen LogP contribution is -2.36. The number of hydrogen-bond acceptors (Lipinski definition) is 3. The van der Waals surface area contributed by atoms with E-state index in [1.807, 2.05) is 29.8 Å². The topological polar surface area (TPSA) is 71.8 Å². The minimum absolute atomic E-state index is 0.0470. The number of amides is 2. The highest BCUT2D eigenvalue weighted by atomic mass is 16.2. The van der Waals surface area contributed by atoms with Gasteiger partial charge in [-0.3, -0.25) is 4.57 Å². The zero-order valence-corrected chi connectivity index (χ0v) is 16.1. The molecule has 2 aromatic heterocycles. The Hall–Kier alpha value is -3.15. The summed E-state index contributed by atoms with van der Waals surface area (Å²) in [5, 5.41) is 5.98. The monoisotopic (exact) mass is 375 g/mol. The van der Waals surface area contributed by atoms with Gasteiger partial charge in [0, 0.05) is 30.7 Å². The van der Waals surface area contributed by atoms with Crippen LogP contribution >= 0.6 is 0 Å². The zero-order valence-electron chi connectivity index (χ0n) is 16.1. The Morgan fingerprint density at radius 2 is 2.04 bits per heavy atom. The van der Waals surface area contributed by atoms with Crippen molar-refractivity contribution in [1.29, 1.82) is 0 Å². The number of imidazole rings is 1. The first kappa shape index (κ1) is 18.2. The van der Waals surface area contributed by atoms with Crippen molar-refractivity contribution < 1.29 is 4.79 Å². The molecule has 1 aromatic carbocycles. The Morgan fingerprint density at radius 3 is 2.86 bits per heavy atom. The summed E-state index contributed by atoms with van der Waals surface area (Å²) in [7, 11) is 0. The number of carbonyl (C=O) groups is 1. The first-order valence-electron chi connectivity index (χ1n) is 9.79. The van der Waals surface area contributed by atoms with Crippen molar-refractivity contribution in [2.45, 2.75) is 45.2 Å². The second-order valence-corrected chi connectivity index (χ2v) is 7.24. The molecule has 0 fully saturated rings. The molecule has 0 saturated carbocycles. The SMILES string of the molecule is CC(NC(=O)NCc1cccnc1-n1ccnc1)c1ccc2c(c1)CCCC2. The third-order valence-electron chi connectivity index (χ3n) is 5.28. The van der Waals surface area contributed by atoms with Crippen molar-refractivity contribution in [2.24, 2.45) is 0 Å². The molecule has 0 bridgehead atoms. The van der Waals surface area contributed by atoms with Crippen molar-refractivity contribution in [2.75, 3.05) is 0 Å². The van der Waals surface area contributed by atoms with Crippen molar-refractivity contribution >= 4 is 6.03 Å². The van der Waals surface area contributed by atoms with Crippen LogP contribution in [0, 0.1) is 0 Å². The Morgan fingerprint density at radius 1 is 1.18 bits per heavy atom. The lowest BCUT2D eigenvalue weighted by molar-refractivity contribution is 0.237. The second kappa shape index (κ2) is 8.25. The Labute approximate surface area is 165 Å². The fraction of sp³-hybridized carbons (Fsp3) is 0.318. The number of pyridine rings is 1. The normalized spacial score (nSPS) is 14.2. The molecule has 1 aliphatic rings. The van der Waals surface area contributed by atoms with Gasteiger partial charge in [0.15, 0.2) is 0 Å². The summed E-state index contributed by atoms with van der Waals surface area (Å²) in [5.74, 6) is 0.767. The first-order valence-corrected chi connectivity index (χ1v) is 9.79. The van der Waals surface area contributed by atoms with Crippen LogP contribution in [-0.2, 0) is 19.4 Å². The number of urea groups is 1. The molecule has 2 heterocycles. The van der Waals surface area contributed by atoms with Gasteiger partial charge in [-0.15, -0.1) is 0 Å². The third kappa shape index (κ3) is 4.06. The smallest absolute Gasteiger partial charge is 0.315 e. The molecule has 2 amide bonds. The van der Waals surface area contributed by atoms with Crippen LogP contribution in [0.3, 0.4) is 0 Å². The lowest BCUT2D eigenvalue weighted by Gasteiger charge is -2.20. The molecule has 28 heavy (non-hydrogen) atoms. The maximum Gasteiger partial charge on any atom is 0.315 e. The summed E-state index contributed by atoms with van der Waals surface area (Å²) >= 11 is 0. The minimum atomic E-state index is -0.189. The molecule has 1 unspecified atom stereocenters. The predicted octanol–water partition coefficient (Wildman–Crippen LogP) is 3.71. The van der Waals surface area contributed by atoms with Crippen LogP contribution in [0.1, 0.15) is 48.1 Å². The van der Waals surface area contributed by atoms with Crippen LogP contribution < -0.4 is 10.6 Å². The molecule has 144 valence electrons. The van der Waals surface area contributed by atoms with Crippen LogP contribution in [-0.4, -0.2) is 20.6 Å². The van der Waals surface area contributed by atoms with Crippen LogP contribution in [0.15, 0.2) is 55.2 Å². The zero-order chi connectivity index (χ0) is 19.3. The Kier molecular flexibility index (Phi) is 5.37. The van der Waals surface area contributed by atoms with E-state index in [9.17, 15) is 4.79 Å². The second-order valence-electron chi connectivity index (χ2n) is 7.24. The van der Waals surface area contributed by atoms with Crippen LogP contribution in [0.4, 0.5) is 4.79 Å². The number of aromatic nitrogens is 3. The van der Waals surface area contributed by atoms with E-state index in [0.717, 1.165) is 23.4 Å².